The minimum absolute atomic E-state index is 0.527. The third-order valence-electron chi connectivity index (χ3n) is 4.88. The molecule has 1 atom stereocenters. The summed E-state index contributed by atoms with van der Waals surface area (Å²) in [5, 5.41) is 5.87. The van der Waals surface area contributed by atoms with E-state index in [1.54, 1.807) is 0 Å². The van der Waals surface area contributed by atoms with Crippen molar-refractivity contribution in [3.05, 3.63) is 53.9 Å². The molecule has 4 nitrogen and oxygen atoms in total. The molecule has 0 spiro atoms. The van der Waals surface area contributed by atoms with E-state index >= 15 is 0 Å². The van der Waals surface area contributed by atoms with Gasteiger partial charge in [0.2, 0.25) is 5.89 Å². The molecule has 1 fully saturated rings. The van der Waals surface area contributed by atoms with Crippen molar-refractivity contribution in [3.8, 4) is 11.5 Å². The van der Waals surface area contributed by atoms with Crippen molar-refractivity contribution in [2.24, 2.45) is 0 Å². The van der Waals surface area contributed by atoms with Gasteiger partial charge in [0.1, 0.15) is 5.76 Å². The number of aryl methyl sites for hydroxylation is 1. The molecule has 0 saturated carbocycles. The summed E-state index contributed by atoms with van der Waals surface area (Å²) in [6, 6.07) is 15.3. The Morgan fingerprint density at radius 2 is 2.04 bits per heavy atom. The normalized spacial score (nSPS) is 19.0. The van der Waals surface area contributed by atoms with Crippen LogP contribution < -0.4 is 5.32 Å². The van der Waals surface area contributed by atoms with Crippen LogP contribution in [0.15, 0.2) is 46.9 Å². The van der Waals surface area contributed by atoms with E-state index in [9.17, 15) is 0 Å². The Morgan fingerprint density at radius 3 is 2.88 bits per heavy atom. The highest BCUT2D eigenvalue weighted by Gasteiger charge is 2.21. The molecule has 0 amide bonds. The molecule has 1 aliphatic rings. The van der Waals surface area contributed by atoms with Crippen LogP contribution in [-0.2, 0) is 6.54 Å². The molecule has 1 N–H and O–H groups in total. The first-order valence-electron chi connectivity index (χ1n) is 8.61. The number of benzene rings is 2. The van der Waals surface area contributed by atoms with Crippen molar-refractivity contribution in [3.63, 3.8) is 0 Å². The van der Waals surface area contributed by atoms with Crippen molar-refractivity contribution in [1.29, 1.82) is 0 Å². The van der Waals surface area contributed by atoms with Gasteiger partial charge in [0, 0.05) is 37.8 Å². The number of hydrogen-bond donors (Lipinski definition) is 1. The van der Waals surface area contributed by atoms with Crippen LogP contribution in [0.5, 0.6) is 0 Å². The van der Waals surface area contributed by atoms with E-state index in [1.165, 1.54) is 10.8 Å². The lowest BCUT2D eigenvalue weighted by Gasteiger charge is -2.33. The maximum absolute atomic E-state index is 5.97. The molecule has 124 valence electrons. The van der Waals surface area contributed by atoms with Gasteiger partial charge in [-0.3, -0.25) is 4.90 Å². The summed E-state index contributed by atoms with van der Waals surface area (Å²) in [6.45, 7) is 8.25. The Hall–Kier alpha value is -2.17. The summed E-state index contributed by atoms with van der Waals surface area (Å²) in [5.74, 6) is 1.64. The number of rotatable bonds is 3. The summed E-state index contributed by atoms with van der Waals surface area (Å²) < 4.78 is 5.97. The molecule has 1 aliphatic heterocycles. The zero-order valence-corrected chi connectivity index (χ0v) is 14.2. The van der Waals surface area contributed by atoms with Crippen molar-refractivity contribution < 1.29 is 4.42 Å². The monoisotopic (exact) mass is 321 g/mol. The molecule has 4 heteroatoms. The molecule has 0 unspecified atom stereocenters. The molecule has 0 aliphatic carbocycles. The summed E-state index contributed by atoms with van der Waals surface area (Å²) in [5.41, 5.74) is 2.09. The van der Waals surface area contributed by atoms with Gasteiger partial charge in [0.05, 0.1) is 5.69 Å². The fourth-order valence-electron chi connectivity index (χ4n) is 3.33. The van der Waals surface area contributed by atoms with Gasteiger partial charge in [0.15, 0.2) is 0 Å². The van der Waals surface area contributed by atoms with Gasteiger partial charge >= 0.3 is 0 Å². The van der Waals surface area contributed by atoms with Crippen LogP contribution in [-0.4, -0.2) is 35.6 Å². The lowest BCUT2D eigenvalue weighted by molar-refractivity contribution is 0.163. The van der Waals surface area contributed by atoms with Gasteiger partial charge in [0.25, 0.3) is 0 Å². The minimum Gasteiger partial charge on any atom is -0.441 e. The number of hydrogen-bond acceptors (Lipinski definition) is 4. The molecular weight excluding hydrogens is 298 g/mol. The molecule has 3 aromatic rings. The molecule has 1 saturated heterocycles. The Morgan fingerprint density at radius 1 is 1.21 bits per heavy atom. The highest BCUT2D eigenvalue weighted by Crippen LogP contribution is 2.26. The second-order valence-corrected chi connectivity index (χ2v) is 6.61. The third kappa shape index (κ3) is 2.95. The van der Waals surface area contributed by atoms with Gasteiger partial charge in [-0.25, -0.2) is 4.98 Å². The topological polar surface area (TPSA) is 41.3 Å². The number of nitrogens with zero attached hydrogens (tertiary/aromatic N) is 2. The average Bonchev–Trinajstić information content (AvgIpc) is 2.97. The van der Waals surface area contributed by atoms with E-state index in [2.05, 4.69) is 59.6 Å². The van der Waals surface area contributed by atoms with E-state index in [4.69, 9.17) is 9.40 Å². The largest absolute Gasteiger partial charge is 0.441 e. The molecule has 0 bridgehead atoms. The van der Waals surface area contributed by atoms with Crippen LogP contribution in [0.4, 0.5) is 0 Å². The van der Waals surface area contributed by atoms with Crippen LogP contribution >= 0.6 is 0 Å². The number of fused-ring (bicyclic) bond motifs is 1. The molecule has 1 aromatic heterocycles. The predicted molar refractivity (Wildman–Crippen MR) is 96.9 cm³/mol. The van der Waals surface area contributed by atoms with Crippen molar-refractivity contribution in [2.45, 2.75) is 26.4 Å². The SMILES string of the molecule is Cc1oc(-c2ccc3ccccc3c2)nc1CN1CCNC[C@@H]1C. The lowest BCUT2D eigenvalue weighted by Crippen LogP contribution is -2.49. The fourth-order valence-corrected chi connectivity index (χ4v) is 3.33. The van der Waals surface area contributed by atoms with Crippen molar-refractivity contribution in [2.75, 3.05) is 19.6 Å². The van der Waals surface area contributed by atoms with Crippen molar-refractivity contribution in [1.82, 2.24) is 15.2 Å². The molecule has 4 rings (SSSR count). The lowest BCUT2D eigenvalue weighted by atomic mass is 10.1. The first kappa shape index (κ1) is 15.4. The van der Waals surface area contributed by atoms with Crippen LogP contribution in [0.2, 0.25) is 0 Å². The highest BCUT2D eigenvalue weighted by atomic mass is 16.4. The van der Waals surface area contributed by atoms with Gasteiger partial charge in [-0.05, 0) is 36.8 Å². The quantitative estimate of drug-likeness (QED) is 0.800. The van der Waals surface area contributed by atoms with E-state index < -0.39 is 0 Å². The van der Waals surface area contributed by atoms with Crippen LogP contribution in [0.3, 0.4) is 0 Å². The Kier molecular flexibility index (Phi) is 4.08. The zero-order valence-electron chi connectivity index (χ0n) is 14.2. The third-order valence-corrected chi connectivity index (χ3v) is 4.88. The van der Waals surface area contributed by atoms with E-state index in [0.717, 1.165) is 49.1 Å². The first-order valence-corrected chi connectivity index (χ1v) is 8.61. The molecular formula is C20H23N3O. The van der Waals surface area contributed by atoms with E-state index in [0.29, 0.717) is 6.04 Å². The van der Waals surface area contributed by atoms with Gasteiger partial charge in [-0.1, -0.05) is 30.3 Å². The molecule has 2 heterocycles. The van der Waals surface area contributed by atoms with Gasteiger partial charge in [-0.2, -0.15) is 0 Å². The predicted octanol–water partition coefficient (Wildman–Crippen LogP) is 3.60. The zero-order chi connectivity index (χ0) is 16.5. The number of nitrogens with one attached hydrogen (secondary N) is 1. The highest BCUT2D eigenvalue weighted by molar-refractivity contribution is 5.86. The van der Waals surface area contributed by atoms with Crippen LogP contribution in [0, 0.1) is 6.92 Å². The van der Waals surface area contributed by atoms with Gasteiger partial charge in [-0.15, -0.1) is 0 Å². The Bertz CT molecular complexity index is 855. The summed E-state index contributed by atoms with van der Waals surface area (Å²) in [7, 11) is 0. The van der Waals surface area contributed by atoms with Gasteiger partial charge < -0.3 is 9.73 Å². The summed E-state index contributed by atoms with van der Waals surface area (Å²) >= 11 is 0. The Labute approximate surface area is 142 Å². The van der Waals surface area contributed by atoms with Crippen LogP contribution in [0.25, 0.3) is 22.2 Å². The maximum Gasteiger partial charge on any atom is 0.226 e. The second-order valence-electron chi connectivity index (χ2n) is 6.61. The maximum atomic E-state index is 5.97. The van der Waals surface area contributed by atoms with E-state index in [-0.39, 0.29) is 0 Å². The number of oxazole rings is 1. The number of piperazine rings is 1. The second kappa shape index (κ2) is 6.38. The summed E-state index contributed by atoms with van der Waals surface area (Å²) in [6.07, 6.45) is 0. The fraction of sp³-hybridized carbons (Fsp3) is 0.350. The van der Waals surface area contributed by atoms with Crippen LogP contribution in [0.1, 0.15) is 18.4 Å². The van der Waals surface area contributed by atoms with E-state index in [1.807, 2.05) is 6.92 Å². The molecule has 2 aromatic carbocycles. The standard InChI is InChI=1S/C20H23N3O/c1-14-12-21-9-10-23(14)13-19-15(2)24-20(22-19)18-8-7-16-5-3-4-6-17(16)11-18/h3-8,11,14,21H,9-10,12-13H2,1-2H3/t14-/m0/s1. The Balaban J connectivity index is 1.62. The average molecular weight is 321 g/mol. The first-order chi connectivity index (χ1) is 11.7. The summed E-state index contributed by atoms with van der Waals surface area (Å²) in [4.78, 5) is 7.25. The molecule has 24 heavy (non-hydrogen) atoms. The minimum atomic E-state index is 0.527. The number of aromatic nitrogens is 1. The molecule has 0 radical (unpaired) electrons. The smallest absolute Gasteiger partial charge is 0.226 e. The van der Waals surface area contributed by atoms with Crippen molar-refractivity contribution >= 4 is 10.8 Å².